The van der Waals surface area contributed by atoms with Crippen LogP contribution in [0, 0.1) is 5.82 Å². The average Bonchev–Trinajstić information content (AvgIpc) is 3.07. The number of fused-ring (bicyclic) bond motifs is 1. The standard InChI is InChI=1S/C17H18FN5S/c1-12-9-23(16-14-3-7-24-17(14)21-11-20-16)6-5-22(12)10-13-2-4-19-8-15(13)18/h2-4,7-8,11-12H,5-6,9-10H2,1H3. The number of thiophene rings is 1. The molecule has 1 aliphatic rings. The number of anilines is 1. The summed E-state index contributed by atoms with van der Waals surface area (Å²) in [5.41, 5.74) is 0.701. The van der Waals surface area contributed by atoms with E-state index in [0.717, 1.165) is 35.7 Å². The minimum Gasteiger partial charge on any atom is -0.353 e. The third-order valence-corrected chi connectivity index (χ3v) is 5.36. The average molecular weight is 343 g/mol. The fraction of sp³-hybridized carbons (Fsp3) is 0.353. The molecular weight excluding hydrogens is 325 g/mol. The Bertz CT molecular complexity index is 852. The lowest BCUT2D eigenvalue weighted by Gasteiger charge is -2.40. The molecule has 1 aliphatic heterocycles. The highest BCUT2D eigenvalue weighted by atomic mass is 32.1. The maximum atomic E-state index is 13.8. The smallest absolute Gasteiger partial charge is 0.145 e. The van der Waals surface area contributed by atoms with Gasteiger partial charge in [-0.25, -0.2) is 14.4 Å². The first-order valence-corrected chi connectivity index (χ1v) is 8.86. The largest absolute Gasteiger partial charge is 0.353 e. The zero-order valence-corrected chi connectivity index (χ0v) is 14.2. The summed E-state index contributed by atoms with van der Waals surface area (Å²) >= 11 is 1.63. The molecule has 4 heterocycles. The summed E-state index contributed by atoms with van der Waals surface area (Å²) in [4.78, 5) is 18.3. The number of hydrogen-bond acceptors (Lipinski definition) is 6. The molecule has 0 aliphatic carbocycles. The molecule has 5 nitrogen and oxygen atoms in total. The van der Waals surface area contributed by atoms with Crippen LogP contribution in [0.15, 0.2) is 36.2 Å². The van der Waals surface area contributed by atoms with Gasteiger partial charge in [-0.15, -0.1) is 11.3 Å². The normalized spacial score (nSPS) is 19.1. The summed E-state index contributed by atoms with van der Waals surface area (Å²) < 4.78 is 13.8. The van der Waals surface area contributed by atoms with Crippen LogP contribution in [-0.4, -0.2) is 45.5 Å². The van der Waals surface area contributed by atoms with Gasteiger partial charge in [-0.2, -0.15) is 0 Å². The van der Waals surface area contributed by atoms with Crippen molar-refractivity contribution in [2.75, 3.05) is 24.5 Å². The van der Waals surface area contributed by atoms with E-state index in [1.54, 1.807) is 29.9 Å². The molecule has 0 saturated carbocycles. The molecule has 7 heteroatoms. The van der Waals surface area contributed by atoms with E-state index in [1.165, 1.54) is 6.20 Å². The number of hydrogen-bond donors (Lipinski definition) is 0. The van der Waals surface area contributed by atoms with Gasteiger partial charge in [0, 0.05) is 44.0 Å². The predicted molar refractivity (Wildman–Crippen MR) is 93.7 cm³/mol. The van der Waals surface area contributed by atoms with Crippen molar-refractivity contribution >= 4 is 27.4 Å². The van der Waals surface area contributed by atoms with Crippen LogP contribution < -0.4 is 4.90 Å². The molecule has 4 rings (SSSR count). The second kappa shape index (κ2) is 6.41. The van der Waals surface area contributed by atoms with Crippen LogP contribution in [0.25, 0.3) is 10.2 Å². The summed E-state index contributed by atoms with van der Waals surface area (Å²) in [6, 6.07) is 4.15. The zero-order chi connectivity index (χ0) is 16.5. The summed E-state index contributed by atoms with van der Waals surface area (Å²) in [7, 11) is 0. The van der Waals surface area contributed by atoms with E-state index in [1.807, 2.05) is 0 Å². The molecule has 0 N–H and O–H groups in total. The van der Waals surface area contributed by atoms with E-state index in [9.17, 15) is 4.39 Å². The molecule has 24 heavy (non-hydrogen) atoms. The number of aromatic nitrogens is 3. The Labute approximate surface area is 143 Å². The lowest BCUT2D eigenvalue weighted by atomic mass is 10.1. The van der Waals surface area contributed by atoms with Crippen molar-refractivity contribution in [3.63, 3.8) is 0 Å². The highest BCUT2D eigenvalue weighted by Crippen LogP contribution is 2.28. The van der Waals surface area contributed by atoms with Crippen molar-refractivity contribution in [1.29, 1.82) is 0 Å². The van der Waals surface area contributed by atoms with Crippen molar-refractivity contribution in [1.82, 2.24) is 19.9 Å². The molecular formula is C17H18FN5S. The maximum absolute atomic E-state index is 13.8. The molecule has 1 fully saturated rings. The van der Waals surface area contributed by atoms with Gasteiger partial charge >= 0.3 is 0 Å². The summed E-state index contributed by atoms with van der Waals surface area (Å²) in [6.07, 6.45) is 4.56. The molecule has 0 radical (unpaired) electrons. The minimum atomic E-state index is -0.233. The van der Waals surface area contributed by atoms with Gasteiger partial charge in [-0.05, 0) is 24.4 Å². The molecule has 1 saturated heterocycles. The fourth-order valence-corrected chi connectivity index (χ4v) is 3.93. The Morgan fingerprint density at radius 3 is 3.04 bits per heavy atom. The number of rotatable bonds is 3. The molecule has 0 bridgehead atoms. The Morgan fingerprint density at radius 1 is 1.29 bits per heavy atom. The first-order chi connectivity index (χ1) is 11.7. The van der Waals surface area contributed by atoms with Gasteiger partial charge in [0.25, 0.3) is 0 Å². The van der Waals surface area contributed by atoms with Crippen molar-refractivity contribution in [3.8, 4) is 0 Å². The quantitative estimate of drug-likeness (QED) is 0.732. The van der Waals surface area contributed by atoms with Crippen LogP contribution in [0.5, 0.6) is 0 Å². The third kappa shape index (κ3) is 2.85. The predicted octanol–water partition coefficient (Wildman–Crippen LogP) is 2.94. The van der Waals surface area contributed by atoms with Gasteiger partial charge in [-0.1, -0.05) is 0 Å². The highest BCUT2D eigenvalue weighted by molar-refractivity contribution is 7.16. The fourth-order valence-electron chi connectivity index (χ4n) is 3.20. The van der Waals surface area contributed by atoms with Gasteiger partial charge in [0.15, 0.2) is 0 Å². The molecule has 124 valence electrons. The van der Waals surface area contributed by atoms with Gasteiger partial charge < -0.3 is 4.90 Å². The first-order valence-electron chi connectivity index (χ1n) is 7.98. The van der Waals surface area contributed by atoms with Crippen molar-refractivity contribution < 1.29 is 4.39 Å². The van der Waals surface area contributed by atoms with E-state index >= 15 is 0 Å². The van der Waals surface area contributed by atoms with Gasteiger partial charge in [-0.3, -0.25) is 9.88 Å². The van der Waals surface area contributed by atoms with Gasteiger partial charge in [0.05, 0.1) is 11.6 Å². The summed E-state index contributed by atoms with van der Waals surface area (Å²) in [5, 5.41) is 3.16. The maximum Gasteiger partial charge on any atom is 0.145 e. The summed E-state index contributed by atoms with van der Waals surface area (Å²) in [5.74, 6) is 0.769. The summed E-state index contributed by atoms with van der Waals surface area (Å²) in [6.45, 7) is 5.41. The van der Waals surface area contributed by atoms with E-state index in [4.69, 9.17) is 0 Å². The number of nitrogens with zero attached hydrogens (tertiary/aromatic N) is 5. The number of pyridine rings is 1. The molecule has 3 aromatic rings. The molecule has 1 atom stereocenters. The van der Waals surface area contributed by atoms with Crippen LogP contribution in [0.4, 0.5) is 10.2 Å². The van der Waals surface area contributed by atoms with Crippen LogP contribution >= 0.6 is 11.3 Å². The van der Waals surface area contributed by atoms with E-state index < -0.39 is 0 Å². The van der Waals surface area contributed by atoms with E-state index in [2.05, 4.69) is 43.1 Å². The van der Waals surface area contributed by atoms with Crippen LogP contribution in [-0.2, 0) is 6.54 Å². The van der Waals surface area contributed by atoms with Crippen molar-refractivity contribution in [3.05, 3.63) is 47.6 Å². The lowest BCUT2D eigenvalue weighted by molar-refractivity contribution is 0.178. The Kier molecular flexibility index (Phi) is 4.12. The van der Waals surface area contributed by atoms with E-state index in [-0.39, 0.29) is 5.82 Å². The highest BCUT2D eigenvalue weighted by Gasteiger charge is 2.26. The number of halogens is 1. The zero-order valence-electron chi connectivity index (χ0n) is 13.4. The van der Waals surface area contributed by atoms with E-state index in [0.29, 0.717) is 18.2 Å². The Balaban J connectivity index is 1.50. The Morgan fingerprint density at radius 2 is 2.21 bits per heavy atom. The molecule has 3 aromatic heterocycles. The van der Waals surface area contributed by atoms with Crippen LogP contribution in [0.3, 0.4) is 0 Å². The first kappa shape index (κ1) is 15.4. The third-order valence-electron chi connectivity index (χ3n) is 4.54. The number of piperazine rings is 1. The Hall–Kier alpha value is -2.12. The van der Waals surface area contributed by atoms with Crippen LogP contribution in [0.2, 0.25) is 0 Å². The van der Waals surface area contributed by atoms with Gasteiger partial charge in [0.2, 0.25) is 0 Å². The van der Waals surface area contributed by atoms with Crippen molar-refractivity contribution in [2.45, 2.75) is 19.5 Å². The van der Waals surface area contributed by atoms with Crippen LogP contribution in [0.1, 0.15) is 12.5 Å². The lowest BCUT2D eigenvalue weighted by Crippen LogP contribution is -2.51. The minimum absolute atomic E-state index is 0.233. The molecule has 0 amide bonds. The molecule has 0 aromatic carbocycles. The second-order valence-electron chi connectivity index (χ2n) is 6.07. The SMILES string of the molecule is CC1CN(c2ncnc3sccc23)CCN1Cc1ccncc1F. The monoisotopic (exact) mass is 343 g/mol. The topological polar surface area (TPSA) is 45.2 Å². The van der Waals surface area contributed by atoms with Gasteiger partial charge in [0.1, 0.15) is 22.8 Å². The molecule has 1 unspecified atom stereocenters. The van der Waals surface area contributed by atoms with Crippen molar-refractivity contribution in [2.24, 2.45) is 0 Å². The second-order valence-corrected chi connectivity index (χ2v) is 6.96. The molecule has 0 spiro atoms.